The number of nitrogens with zero attached hydrogens (tertiary/aromatic N) is 2. The van der Waals surface area contributed by atoms with Crippen molar-refractivity contribution in [3.8, 4) is 5.75 Å². The molecular weight excluding hydrogens is 402 g/mol. The molecule has 2 amide bonds. The lowest BCUT2D eigenvalue weighted by Crippen LogP contribution is -2.32. The SMILES string of the molecule is COc1cccc(NC2=C(c3ccc(C)cc3)C(=O)N(c3cccc(N(C)C)c3)C2=O)c1. The summed E-state index contributed by atoms with van der Waals surface area (Å²) in [5, 5.41) is 3.17. The average molecular weight is 428 g/mol. The van der Waals surface area contributed by atoms with Crippen LogP contribution in [-0.2, 0) is 9.59 Å². The van der Waals surface area contributed by atoms with E-state index in [2.05, 4.69) is 5.32 Å². The zero-order chi connectivity index (χ0) is 22.8. The molecule has 162 valence electrons. The number of carbonyl (C=O) groups excluding carboxylic acids is 2. The second-order valence-corrected chi connectivity index (χ2v) is 7.83. The van der Waals surface area contributed by atoms with Crippen LogP contribution in [0.3, 0.4) is 0 Å². The molecule has 0 aliphatic carbocycles. The molecule has 0 radical (unpaired) electrons. The van der Waals surface area contributed by atoms with Crippen molar-refractivity contribution in [3.05, 3.63) is 89.6 Å². The van der Waals surface area contributed by atoms with Crippen LogP contribution in [0.2, 0.25) is 0 Å². The second kappa shape index (κ2) is 8.59. The number of anilines is 3. The summed E-state index contributed by atoms with van der Waals surface area (Å²) in [5.41, 5.74) is 4.42. The minimum Gasteiger partial charge on any atom is -0.497 e. The van der Waals surface area contributed by atoms with E-state index in [-0.39, 0.29) is 11.6 Å². The van der Waals surface area contributed by atoms with Gasteiger partial charge in [-0.15, -0.1) is 0 Å². The number of benzene rings is 3. The fourth-order valence-corrected chi connectivity index (χ4v) is 3.62. The number of hydrogen-bond donors (Lipinski definition) is 1. The van der Waals surface area contributed by atoms with Crippen LogP contribution in [0.15, 0.2) is 78.5 Å². The minimum absolute atomic E-state index is 0.238. The van der Waals surface area contributed by atoms with Gasteiger partial charge in [0.05, 0.1) is 18.4 Å². The topological polar surface area (TPSA) is 61.9 Å². The summed E-state index contributed by atoms with van der Waals surface area (Å²) in [6, 6.07) is 22.2. The molecule has 0 unspecified atom stereocenters. The number of imide groups is 1. The molecule has 0 atom stereocenters. The van der Waals surface area contributed by atoms with Crippen LogP contribution in [0.25, 0.3) is 5.57 Å². The van der Waals surface area contributed by atoms with Gasteiger partial charge in [-0.1, -0.05) is 42.0 Å². The Bertz CT molecular complexity index is 1210. The number of carbonyl (C=O) groups is 2. The van der Waals surface area contributed by atoms with E-state index in [9.17, 15) is 9.59 Å². The van der Waals surface area contributed by atoms with Crippen LogP contribution in [0, 0.1) is 6.92 Å². The summed E-state index contributed by atoms with van der Waals surface area (Å²) in [4.78, 5) is 30.3. The number of aryl methyl sites for hydroxylation is 1. The number of hydrogen-bond acceptors (Lipinski definition) is 5. The molecule has 3 aromatic carbocycles. The van der Waals surface area contributed by atoms with Crippen LogP contribution in [0.1, 0.15) is 11.1 Å². The molecule has 1 aliphatic heterocycles. The van der Waals surface area contributed by atoms with Crippen LogP contribution in [-0.4, -0.2) is 33.0 Å². The minimum atomic E-state index is -0.399. The Morgan fingerprint density at radius 1 is 0.875 bits per heavy atom. The highest BCUT2D eigenvalue weighted by Gasteiger charge is 2.40. The predicted molar refractivity (Wildman–Crippen MR) is 128 cm³/mol. The first-order valence-electron chi connectivity index (χ1n) is 10.3. The van der Waals surface area contributed by atoms with Crippen molar-refractivity contribution in [2.45, 2.75) is 6.92 Å². The van der Waals surface area contributed by atoms with Crippen molar-refractivity contribution in [3.63, 3.8) is 0 Å². The maximum atomic E-state index is 13.6. The Kier molecular flexibility index (Phi) is 5.69. The fourth-order valence-electron chi connectivity index (χ4n) is 3.62. The van der Waals surface area contributed by atoms with Gasteiger partial charge in [0.25, 0.3) is 11.8 Å². The molecule has 1 aliphatic rings. The smallest absolute Gasteiger partial charge is 0.282 e. The molecule has 6 nitrogen and oxygen atoms in total. The summed E-state index contributed by atoms with van der Waals surface area (Å²) < 4.78 is 5.29. The van der Waals surface area contributed by atoms with Crippen LogP contribution < -0.4 is 19.9 Å². The molecule has 0 bridgehead atoms. The summed E-state index contributed by atoms with van der Waals surface area (Å²) in [6.07, 6.45) is 0. The molecule has 1 N–H and O–H groups in total. The van der Waals surface area contributed by atoms with Crippen molar-refractivity contribution in [1.29, 1.82) is 0 Å². The lowest BCUT2D eigenvalue weighted by Gasteiger charge is -2.19. The van der Waals surface area contributed by atoms with Gasteiger partial charge in [-0.2, -0.15) is 0 Å². The van der Waals surface area contributed by atoms with Crippen molar-refractivity contribution < 1.29 is 14.3 Å². The van der Waals surface area contributed by atoms with Crippen LogP contribution in [0.5, 0.6) is 5.75 Å². The van der Waals surface area contributed by atoms with Gasteiger partial charge in [0, 0.05) is 31.5 Å². The van der Waals surface area contributed by atoms with Gasteiger partial charge in [0.1, 0.15) is 11.4 Å². The average Bonchev–Trinajstić information content (AvgIpc) is 3.04. The standard InChI is InChI=1S/C26H25N3O3/c1-17-11-13-18(14-12-17)23-24(27-19-7-5-10-22(15-19)32-4)26(31)29(25(23)30)21-9-6-8-20(16-21)28(2)3/h5-16,27H,1-4H3. The third-order valence-corrected chi connectivity index (χ3v) is 5.37. The van der Waals surface area contributed by atoms with Gasteiger partial charge in [0.15, 0.2) is 0 Å². The molecule has 1 heterocycles. The molecule has 0 fully saturated rings. The molecule has 4 rings (SSSR count). The van der Waals surface area contributed by atoms with E-state index in [0.717, 1.165) is 11.3 Å². The molecule has 0 spiro atoms. The zero-order valence-corrected chi connectivity index (χ0v) is 18.5. The summed E-state index contributed by atoms with van der Waals surface area (Å²) in [5.74, 6) is -0.107. The summed E-state index contributed by atoms with van der Waals surface area (Å²) >= 11 is 0. The van der Waals surface area contributed by atoms with E-state index in [4.69, 9.17) is 4.74 Å². The normalized spacial score (nSPS) is 13.6. The quantitative estimate of drug-likeness (QED) is 0.589. The fraction of sp³-hybridized carbons (Fsp3) is 0.154. The Morgan fingerprint density at radius 3 is 2.28 bits per heavy atom. The van der Waals surface area contributed by atoms with Gasteiger partial charge in [0.2, 0.25) is 0 Å². The first kappa shape index (κ1) is 21.2. The van der Waals surface area contributed by atoms with E-state index in [1.807, 2.05) is 86.6 Å². The van der Waals surface area contributed by atoms with Crippen LogP contribution in [0.4, 0.5) is 17.1 Å². The summed E-state index contributed by atoms with van der Waals surface area (Å²) in [7, 11) is 5.41. The van der Waals surface area contributed by atoms with E-state index < -0.39 is 5.91 Å². The number of methoxy groups -OCH3 is 1. The molecule has 6 heteroatoms. The van der Waals surface area contributed by atoms with Crippen molar-refractivity contribution in [1.82, 2.24) is 0 Å². The largest absolute Gasteiger partial charge is 0.497 e. The van der Waals surface area contributed by atoms with Crippen molar-refractivity contribution in [2.75, 3.05) is 36.3 Å². The zero-order valence-electron chi connectivity index (χ0n) is 18.5. The van der Waals surface area contributed by atoms with Gasteiger partial charge >= 0.3 is 0 Å². The lowest BCUT2D eigenvalue weighted by atomic mass is 10.0. The third-order valence-electron chi connectivity index (χ3n) is 5.37. The maximum absolute atomic E-state index is 13.6. The molecule has 3 aromatic rings. The van der Waals surface area contributed by atoms with E-state index in [0.29, 0.717) is 28.3 Å². The lowest BCUT2D eigenvalue weighted by molar-refractivity contribution is -0.120. The molecule has 0 aromatic heterocycles. The summed E-state index contributed by atoms with van der Waals surface area (Å²) in [6.45, 7) is 1.98. The Balaban J connectivity index is 1.81. The third kappa shape index (κ3) is 3.95. The Labute approximate surface area is 187 Å². The highest BCUT2D eigenvalue weighted by Crippen LogP contribution is 2.35. The predicted octanol–water partition coefficient (Wildman–Crippen LogP) is 4.47. The number of ether oxygens (including phenoxy) is 1. The first-order chi connectivity index (χ1) is 15.4. The number of rotatable bonds is 6. The molecule has 0 saturated carbocycles. The van der Waals surface area contributed by atoms with Gasteiger partial charge in [-0.25, -0.2) is 4.90 Å². The van der Waals surface area contributed by atoms with Crippen molar-refractivity contribution >= 4 is 34.4 Å². The molecular formula is C26H25N3O3. The van der Waals surface area contributed by atoms with Gasteiger partial charge < -0.3 is 15.0 Å². The highest BCUT2D eigenvalue weighted by atomic mass is 16.5. The Morgan fingerprint density at radius 2 is 1.59 bits per heavy atom. The maximum Gasteiger partial charge on any atom is 0.282 e. The molecule has 0 saturated heterocycles. The number of amides is 2. The highest BCUT2D eigenvalue weighted by molar-refractivity contribution is 6.46. The van der Waals surface area contributed by atoms with Crippen molar-refractivity contribution in [2.24, 2.45) is 0 Å². The van der Waals surface area contributed by atoms with E-state index in [1.54, 1.807) is 19.2 Å². The second-order valence-electron chi connectivity index (χ2n) is 7.83. The first-order valence-corrected chi connectivity index (χ1v) is 10.3. The molecule has 32 heavy (non-hydrogen) atoms. The van der Waals surface area contributed by atoms with Crippen LogP contribution >= 0.6 is 0 Å². The van der Waals surface area contributed by atoms with Gasteiger partial charge in [-0.3, -0.25) is 9.59 Å². The van der Waals surface area contributed by atoms with E-state index >= 15 is 0 Å². The monoisotopic (exact) mass is 427 g/mol. The number of nitrogens with one attached hydrogen (secondary N) is 1. The van der Waals surface area contributed by atoms with Gasteiger partial charge in [-0.05, 0) is 42.8 Å². The van der Waals surface area contributed by atoms with E-state index in [1.165, 1.54) is 4.90 Å². The Hall–Kier alpha value is -4.06.